The van der Waals surface area contributed by atoms with E-state index in [1.807, 2.05) is 0 Å². The zero-order valence-electron chi connectivity index (χ0n) is 6.38. The van der Waals surface area contributed by atoms with Crippen molar-refractivity contribution in [3.8, 4) is 0 Å². The fraction of sp³-hybridized carbons (Fsp3) is 0.125. The quantitative estimate of drug-likeness (QED) is 0.428. The van der Waals surface area contributed by atoms with Gasteiger partial charge in [0.15, 0.2) is 0 Å². The molecule has 1 aromatic carbocycles. The minimum atomic E-state index is -0.260. The Morgan fingerprint density at radius 1 is 1.50 bits per heavy atom. The summed E-state index contributed by atoms with van der Waals surface area (Å²) in [6.45, 7) is 0. The maximum Gasteiger partial charge on any atom is 0.136 e. The topological polar surface area (TPSA) is 49.9 Å². The van der Waals surface area contributed by atoms with E-state index in [1.54, 1.807) is 18.2 Å². The molecule has 1 aromatic rings. The number of rotatable bonds is 3. The van der Waals surface area contributed by atoms with Crippen LogP contribution in [0.2, 0.25) is 0 Å². The number of hydrogen-bond acceptors (Lipinski definition) is 2. The monoisotopic (exact) mass is 184 g/mol. The van der Waals surface area contributed by atoms with Gasteiger partial charge in [-0.05, 0) is 12.1 Å². The van der Waals surface area contributed by atoms with Crippen LogP contribution in [0.15, 0.2) is 29.2 Å². The second kappa shape index (κ2) is 4.11. The molecule has 0 bridgehead atoms. The molecule has 0 unspecified atom stereocenters. The molecule has 0 spiro atoms. The predicted octanol–water partition coefficient (Wildman–Crippen LogP) is 1.85. The Hall–Kier alpha value is -1.03. The van der Waals surface area contributed by atoms with Crippen LogP contribution in [-0.2, 0) is 0 Å². The smallest absolute Gasteiger partial charge is 0.136 e. The molecule has 0 saturated carbocycles. The summed E-state index contributed by atoms with van der Waals surface area (Å²) in [4.78, 5) is 0.535. The summed E-state index contributed by atoms with van der Waals surface area (Å²) in [5.41, 5.74) is 5.13. The third-order valence-electron chi connectivity index (χ3n) is 1.22. The molecule has 0 radical (unpaired) electrons. The lowest BCUT2D eigenvalue weighted by atomic mass is 10.3. The van der Waals surface area contributed by atoms with Crippen LogP contribution in [0.3, 0.4) is 0 Å². The SMILES string of the molecule is N=C(N)CSc1ccccc1F. The maximum atomic E-state index is 12.9. The summed E-state index contributed by atoms with van der Waals surface area (Å²) in [6.07, 6.45) is 0. The van der Waals surface area contributed by atoms with Crippen LogP contribution < -0.4 is 5.73 Å². The van der Waals surface area contributed by atoms with Crippen LogP contribution in [0.1, 0.15) is 0 Å². The molecule has 0 amide bonds. The van der Waals surface area contributed by atoms with Crippen LogP contribution in [-0.4, -0.2) is 11.6 Å². The van der Waals surface area contributed by atoms with E-state index in [1.165, 1.54) is 17.8 Å². The third kappa shape index (κ3) is 2.54. The number of halogens is 1. The maximum absolute atomic E-state index is 12.9. The van der Waals surface area contributed by atoms with Crippen molar-refractivity contribution in [1.29, 1.82) is 5.41 Å². The van der Waals surface area contributed by atoms with Crippen molar-refractivity contribution in [2.75, 3.05) is 5.75 Å². The molecule has 0 aliphatic rings. The van der Waals surface area contributed by atoms with Crippen molar-refractivity contribution < 1.29 is 4.39 Å². The van der Waals surface area contributed by atoms with Gasteiger partial charge in [-0.1, -0.05) is 12.1 Å². The van der Waals surface area contributed by atoms with E-state index < -0.39 is 0 Å². The fourth-order valence-electron chi connectivity index (χ4n) is 0.717. The van der Waals surface area contributed by atoms with E-state index in [0.29, 0.717) is 10.6 Å². The standard InChI is InChI=1S/C8H9FN2S/c9-6-3-1-2-4-7(6)12-5-8(10)11/h1-4H,5H2,(H3,10,11). The number of hydrogen-bond donors (Lipinski definition) is 2. The van der Waals surface area contributed by atoms with Gasteiger partial charge in [0.05, 0.1) is 5.75 Å². The highest BCUT2D eigenvalue weighted by Gasteiger charge is 2.00. The molecule has 0 heterocycles. The van der Waals surface area contributed by atoms with Gasteiger partial charge in [-0.25, -0.2) is 4.39 Å². The molecule has 0 fully saturated rings. The summed E-state index contributed by atoms with van der Waals surface area (Å²) >= 11 is 1.23. The zero-order chi connectivity index (χ0) is 8.97. The molecule has 2 nitrogen and oxygen atoms in total. The van der Waals surface area contributed by atoms with Crippen LogP contribution in [0.4, 0.5) is 4.39 Å². The lowest BCUT2D eigenvalue weighted by Gasteiger charge is -2.00. The molecule has 0 atom stereocenters. The fourth-order valence-corrected chi connectivity index (χ4v) is 1.41. The normalized spacial score (nSPS) is 9.75. The van der Waals surface area contributed by atoms with E-state index in [-0.39, 0.29) is 11.7 Å². The second-order valence-electron chi connectivity index (χ2n) is 2.24. The Kier molecular flexibility index (Phi) is 3.10. The Labute approximate surface area is 74.5 Å². The second-order valence-corrected chi connectivity index (χ2v) is 3.26. The third-order valence-corrected chi connectivity index (χ3v) is 2.32. The number of nitrogens with two attached hydrogens (primary N) is 1. The van der Waals surface area contributed by atoms with Crippen LogP contribution in [0.5, 0.6) is 0 Å². The molecule has 3 N–H and O–H groups in total. The van der Waals surface area contributed by atoms with Gasteiger partial charge in [-0.3, -0.25) is 5.41 Å². The van der Waals surface area contributed by atoms with Gasteiger partial charge in [0.2, 0.25) is 0 Å². The molecule has 12 heavy (non-hydrogen) atoms. The van der Waals surface area contributed by atoms with Crippen molar-refractivity contribution in [3.63, 3.8) is 0 Å². The first-order valence-electron chi connectivity index (χ1n) is 3.40. The van der Waals surface area contributed by atoms with Gasteiger partial charge in [-0.15, -0.1) is 11.8 Å². The minimum Gasteiger partial charge on any atom is -0.387 e. The van der Waals surface area contributed by atoms with Crippen LogP contribution >= 0.6 is 11.8 Å². The Morgan fingerprint density at radius 2 is 2.17 bits per heavy atom. The van der Waals surface area contributed by atoms with Gasteiger partial charge in [0.1, 0.15) is 11.7 Å². The highest BCUT2D eigenvalue weighted by atomic mass is 32.2. The van der Waals surface area contributed by atoms with Crippen molar-refractivity contribution in [1.82, 2.24) is 0 Å². The Morgan fingerprint density at radius 3 is 2.75 bits per heavy atom. The van der Waals surface area contributed by atoms with Gasteiger partial charge >= 0.3 is 0 Å². The molecule has 0 aliphatic carbocycles. The molecular formula is C8H9FN2S. The number of thioether (sulfide) groups is 1. The minimum absolute atomic E-state index is 0.0586. The van der Waals surface area contributed by atoms with Gasteiger partial charge < -0.3 is 5.73 Å². The zero-order valence-corrected chi connectivity index (χ0v) is 7.20. The van der Waals surface area contributed by atoms with E-state index >= 15 is 0 Å². The molecular weight excluding hydrogens is 175 g/mol. The van der Waals surface area contributed by atoms with Crippen molar-refractivity contribution in [2.45, 2.75) is 4.90 Å². The first-order chi connectivity index (χ1) is 5.70. The van der Waals surface area contributed by atoms with Crippen molar-refractivity contribution in [3.05, 3.63) is 30.1 Å². The van der Waals surface area contributed by atoms with E-state index in [4.69, 9.17) is 11.1 Å². The number of benzene rings is 1. The van der Waals surface area contributed by atoms with Crippen LogP contribution in [0.25, 0.3) is 0 Å². The first kappa shape index (κ1) is 9.06. The number of nitrogens with one attached hydrogen (secondary N) is 1. The highest BCUT2D eigenvalue weighted by Crippen LogP contribution is 2.20. The molecule has 0 saturated heterocycles. The largest absolute Gasteiger partial charge is 0.387 e. The van der Waals surface area contributed by atoms with E-state index in [0.717, 1.165) is 0 Å². The Bertz CT molecular complexity index is 288. The molecule has 1 rings (SSSR count). The highest BCUT2D eigenvalue weighted by molar-refractivity contribution is 8.00. The van der Waals surface area contributed by atoms with Gasteiger partial charge in [-0.2, -0.15) is 0 Å². The Balaban J connectivity index is 2.63. The van der Waals surface area contributed by atoms with E-state index in [9.17, 15) is 4.39 Å². The van der Waals surface area contributed by atoms with Crippen molar-refractivity contribution in [2.24, 2.45) is 5.73 Å². The lowest BCUT2D eigenvalue weighted by Crippen LogP contribution is -2.12. The average Bonchev–Trinajstić information content (AvgIpc) is 2.03. The van der Waals surface area contributed by atoms with E-state index in [2.05, 4.69) is 0 Å². The average molecular weight is 184 g/mol. The summed E-state index contributed by atoms with van der Waals surface area (Å²) in [6, 6.07) is 6.45. The first-order valence-corrected chi connectivity index (χ1v) is 4.39. The lowest BCUT2D eigenvalue weighted by molar-refractivity contribution is 0.602. The summed E-state index contributed by atoms with van der Waals surface area (Å²) in [5.74, 6) is 0.132. The predicted molar refractivity (Wildman–Crippen MR) is 49.0 cm³/mol. The number of amidine groups is 1. The summed E-state index contributed by atoms with van der Waals surface area (Å²) in [7, 11) is 0. The summed E-state index contributed by atoms with van der Waals surface area (Å²) in [5, 5.41) is 6.95. The molecule has 4 heteroatoms. The molecule has 64 valence electrons. The van der Waals surface area contributed by atoms with Gasteiger partial charge in [0, 0.05) is 4.90 Å². The summed E-state index contributed by atoms with van der Waals surface area (Å²) < 4.78 is 12.9. The molecule has 0 aromatic heterocycles. The van der Waals surface area contributed by atoms with Gasteiger partial charge in [0.25, 0.3) is 0 Å². The van der Waals surface area contributed by atoms with Crippen LogP contribution in [0, 0.1) is 11.2 Å². The molecule has 0 aliphatic heterocycles. The van der Waals surface area contributed by atoms with Crippen molar-refractivity contribution >= 4 is 17.6 Å².